The van der Waals surface area contributed by atoms with Gasteiger partial charge in [-0.25, -0.2) is 0 Å². The Morgan fingerprint density at radius 2 is 2.22 bits per heavy atom. The molecule has 1 aromatic rings. The number of rotatable bonds is 9. The minimum atomic E-state index is -0.339. The highest BCUT2D eigenvalue weighted by Gasteiger charge is 2.05. The van der Waals surface area contributed by atoms with Gasteiger partial charge in [0.15, 0.2) is 0 Å². The largest absolute Gasteiger partial charge is 0.391 e. The van der Waals surface area contributed by atoms with Crippen LogP contribution in [0.25, 0.3) is 0 Å². The predicted octanol–water partition coefficient (Wildman–Crippen LogP) is 2.17. The molecule has 0 saturated carbocycles. The van der Waals surface area contributed by atoms with Crippen molar-refractivity contribution in [2.75, 3.05) is 32.6 Å². The van der Waals surface area contributed by atoms with Gasteiger partial charge in [0, 0.05) is 36.7 Å². The fourth-order valence-electron chi connectivity index (χ4n) is 1.42. The standard InChI is InChI=1S/C13H20ClNO2S/c1-17-7-6-15-8-12(16)10-18-9-11-4-2-3-5-13(11)14/h2-5,12,15-16H,6-10H2,1H3. The second-order valence-corrected chi connectivity index (χ2v) is 5.39. The molecule has 1 aromatic carbocycles. The van der Waals surface area contributed by atoms with Crippen molar-refractivity contribution >= 4 is 23.4 Å². The van der Waals surface area contributed by atoms with Crippen molar-refractivity contribution in [1.29, 1.82) is 0 Å². The van der Waals surface area contributed by atoms with E-state index < -0.39 is 0 Å². The number of methoxy groups -OCH3 is 1. The summed E-state index contributed by atoms with van der Waals surface area (Å²) in [6, 6.07) is 7.80. The molecule has 0 bridgehead atoms. The number of halogens is 1. The van der Waals surface area contributed by atoms with Crippen molar-refractivity contribution in [1.82, 2.24) is 5.32 Å². The fraction of sp³-hybridized carbons (Fsp3) is 0.538. The van der Waals surface area contributed by atoms with E-state index in [1.165, 1.54) is 0 Å². The molecule has 0 radical (unpaired) electrons. The van der Waals surface area contributed by atoms with E-state index in [-0.39, 0.29) is 6.10 Å². The van der Waals surface area contributed by atoms with Gasteiger partial charge in [0.1, 0.15) is 0 Å². The molecule has 0 amide bonds. The molecule has 0 aliphatic heterocycles. The molecule has 18 heavy (non-hydrogen) atoms. The van der Waals surface area contributed by atoms with Crippen LogP contribution < -0.4 is 5.32 Å². The first-order chi connectivity index (χ1) is 8.74. The topological polar surface area (TPSA) is 41.5 Å². The minimum Gasteiger partial charge on any atom is -0.391 e. The van der Waals surface area contributed by atoms with E-state index >= 15 is 0 Å². The van der Waals surface area contributed by atoms with Gasteiger partial charge in [0.05, 0.1) is 12.7 Å². The molecule has 3 nitrogen and oxygen atoms in total. The average molecular weight is 290 g/mol. The smallest absolute Gasteiger partial charge is 0.0754 e. The van der Waals surface area contributed by atoms with Gasteiger partial charge >= 0.3 is 0 Å². The third-order valence-corrected chi connectivity index (χ3v) is 3.89. The van der Waals surface area contributed by atoms with Gasteiger partial charge in [0.2, 0.25) is 0 Å². The summed E-state index contributed by atoms with van der Waals surface area (Å²) >= 11 is 7.74. The Bertz CT molecular complexity index is 339. The monoisotopic (exact) mass is 289 g/mol. The molecule has 0 aromatic heterocycles. The summed E-state index contributed by atoms with van der Waals surface area (Å²) in [6.45, 7) is 2.03. The van der Waals surface area contributed by atoms with Crippen molar-refractivity contribution in [2.24, 2.45) is 0 Å². The van der Waals surface area contributed by atoms with Gasteiger partial charge in [-0.2, -0.15) is 11.8 Å². The van der Waals surface area contributed by atoms with Crippen LogP contribution in [0.4, 0.5) is 0 Å². The predicted molar refractivity (Wildman–Crippen MR) is 78.4 cm³/mol. The molecule has 1 rings (SSSR count). The maximum atomic E-state index is 9.74. The second-order valence-electron chi connectivity index (χ2n) is 3.96. The third kappa shape index (κ3) is 6.61. The van der Waals surface area contributed by atoms with Crippen LogP contribution in [0.5, 0.6) is 0 Å². The molecule has 102 valence electrons. The molecule has 2 N–H and O–H groups in total. The summed E-state index contributed by atoms with van der Waals surface area (Å²) in [4.78, 5) is 0. The molecular formula is C13H20ClNO2S. The van der Waals surface area contributed by atoms with E-state index in [1.807, 2.05) is 24.3 Å². The van der Waals surface area contributed by atoms with E-state index in [1.54, 1.807) is 18.9 Å². The number of aliphatic hydroxyl groups excluding tert-OH is 1. The molecule has 0 saturated heterocycles. The van der Waals surface area contributed by atoms with E-state index in [0.29, 0.717) is 18.9 Å². The Morgan fingerprint density at radius 3 is 2.94 bits per heavy atom. The zero-order valence-electron chi connectivity index (χ0n) is 10.6. The Hall–Kier alpha value is -0.260. The highest BCUT2D eigenvalue weighted by molar-refractivity contribution is 7.98. The van der Waals surface area contributed by atoms with Crippen molar-refractivity contribution in [2.45, 2.75) is 11.9 Å². The minimum absolute atomic E-state index is 0.339. The zero-order chi connectivity index (χ0) is 13.2. The average Bonchev–Trinajstić information content (AvgIpc) is 2.37. The van der Waals surface area contributed by atoms with Gasteiger partial charge < -0.3 is 15.2 Å². The molecular weight excluding hydrogens is 270 g/mol. The Kier molecular flexibility index (Phi) is 8.46. The first kappa shape index (κ1) is 15.8. The van der Waals surface area contributed by atoms with Crippen LogP contribution in [0.1, 0.15) is 5.56 Å². The zero-order valence-corrected chi connectivity index (χ0v) is 12.1. The van der Waals surface area contributed by atoms with Crippen molar-refractivity contribution in [3.05, 3.63) is 34.9 Å². The highest BCUT2D eigenvalue weighted by Crippen LogP contribution is 2.20. The summed E-state index contributed by atoms with van der Waals surface area (Å²) in [7, 11) is 1.66. The first-order valence-electron chi connectivity index (χ1n) is 5.93. The van der Waals surface area contributed by atoms with Gasteiger partial charge in [-0.15, -0.1) is 0 Å². The Labute approximate surface area is 118 Å². The van der Waals surface area contributed by atoms with E-state index in [9.17, 15) is 5.11 Å². The summed E-state index contributed by atoms with van der Waals surface area (Å²) < 4.78 is 4.91. The van der Waals surface area contributed by atoms with Crippen LogP contribution in [0, 0.1) is 0 Å². The van der Waals surface area contributed by atoms with Crippen molar-refractivity contribution in [3.63, 3.8) is 0 Å². The lowest BCUT2D eigenvalue weighted by Crippen LogP contribution is -2.30. The van der Waals surface area contributed by atoms with Crippen molar-refractivity contribution in [3.8, 4) is 0 Å². The number of hydrogen-bond donors (Lipinski definition) is 2. The highest BCUT2D eigenvalue weighted by atomic mass is 35.5. The van der Waals surface area contributed by atoms with Crippen LogP contribution in [0.3, 0.4) is 0 Å². The number of thioether (sulfide) groups is 1. The normalized spacial score (nSPS) is 12.6. The second kappa shape index (κ2) is 9.64. The summed E-state index contributed by atoms with van der Waals surface area (Å²) in [6.07, 6.45) is -0.339. The van der Waals surface area contributed by atoms with Crippen LogP contribution in [0.2, 0.25) is 5.02 Å². The number of aliphatic hydroxyl groups is 1. The maximum absolute atomic E-state index is 9.74. The number of benzene rings is 1. The lowest BCUT2D eigenvalue weighted by atomic mass is 10.2. The first-order valence-corrected chi connectivity index (χ1v) is 7.46. The third-order valence-electron chi connectivity index (χ3n) is 2.39. The van der Waals surface area contributed by atoms with Crippen LogP contribution in [-0.4, -0.2) is 43.8 Å². The fourth-order valence-corrected chi connectivity index (χ4v) is 2.68. The van der Waals surface area contributed by atoms with E-state index in [2.05, 4.69) is 5.32 Å². The Balaban J connectivity index is 2.12. The van der Waals surface area contributed by atoms with Crippen LogP contribution >= 0.6 is 23.4 Å². The number of hydrogen-bond acceptors (Lipinski definition) is 4. The molecule has 0 spiro atoms. The lowest BCUT2D eigenvalue weighted by molar-refractivity contribution is 0.175. The van der Waals surface area contributed by atoms with Gasteiger partial charge in [-0.1, -0.05) is 29.8 Å². The van der Waals surface area contributed by atoms with E-state index in [4.69, 9.17) is 16.3 Å². The molecule has 0 fully saturated rings. The SMILES string of the molecule is COCCNCC(O)CSCc1ccccc1Cl. The van der Waals surface area contributed by atoms with Crippen LogP contribution in [0.15, 0.2) is 24.3 Å². The molecule has 1 atom stereocenters. The van der Waals surface area contributed by atoms with Gasteiger partial charge in [-0.3, -0.25) is 0 Å². The van der Waals surface area contributed by atoms with Crippen LogP contribution in [-0.2, 0) is 10.5 Å². The lowest BCUT2D eigenvalue weighted by Gasteiger charge is -2.11. The van der Waals surface area contributed by atoms with Gasteiger partial charge in [-0.05, 0) is 11.6 Å². The molecule has 0 aliphatic carbocycles. The number of ether oxygens (including phenoxy) is 1. The maximum Gasteiger partial charge on any atom is 0.0754 e. The van der Waals surface area contributed by atoms with Crippen molar-refractivity contribution < 1.29 is 9.84 Å². The summed E-state index contributed by atoms with van der Waals surface area (Å²) in [5.41, 5.74) is 1.11. The summed E-state index contributed by atoms with van der Waals surface area (Å²) in [5.74, 6) is 1.53. The molecule has 5 heteroatoms. The molecule has 0 aliphatic rings. The van der Waals surface area contributed by atoms with Gasteiger partial charge in [0.25, 0.3) is 0 Å². The Morgan fingerprint density at radius 1 is 1.44 bits per heavy atom. The molecule has 0 heterocycles. The number of nitrogens with one attached hydrogen (secondary N) is 1. The molecule has 1 unspecified atom stereocenters. The van der Waals surface area contributed by atoms with E-state index in [0.717, 1.165) is 22.9 Å². The quantitative estimate of drug-likeness (QED) is 0.684. The summed E-state index contributed by atoms with van der Waals surface area (Å²) in [5, 5.41) is 13.7.